The van der Waals surface area contributed by atoms with Gasteiger partial charge in [-0.2, -0.15) is 9.78 Å². The molecule has 0 amide bonds. The molecule has 1 N–H and O–H groups in total. The summed E-state index contributed by atoms with van der Waals surface area (Å²) in [7, 11) is 0. The van der Waals surface area contributed by atoms with Crippen LogP contribution in [0.15, 0.2) is 82.7 Å². The minimum absolute atomic E-state index is 0.00188. The summed E-state index contributed by atoms with van der Waals surface area (Å²) in [6.07, 6.45) is 1.37. The molecule has 29 heavy (non-hydrogen) atoms. The van der Waals surface area contributed by atoms with E-state index in [4.69, 9.17) is 16.3 Å². The molecule has 4 aromatic rings. The van der Waals surface area contributed by atoms with Gasteiger partial charge in [-0.3, -0.25) is 4.79 Å². The van der Waals surface area contributed by atoms with E-state index in [1.807, 2.05) is 36.4 Å². The van der Waals surface area contributed by atoms with Crippen LogP contribution in [0.1, 0.15) is 11.4 Å². The van der Waals surface area contributed by atoms with Crippen LogP contribution < -0.4 is 10.3 Å². The van der Waals surface area contributed by atoms with Gasteiger partial charge in [-0.1, -0.05) is 41.9 Å². The SMILES string of the molecule is O=c1c2ccccc2nc(COc2ccccc2)n1N=Cc1cc(Cl)ccc1O. The minimum atomic E-state index is -0.333. The van der Waals surface area contributed by atoms with E-state index >= 15 is 0 Å². The number of aromatic nitrogens is 2. The second-order valence-corrected chi connectivity index (χ2v) is 6.65. The molecular weight excluding hydrogens is 390 g/mol. The molecule has 1 aromatic heterocycles. The van der Waals surface area contributed by atoms with Gasteiger partial charge in [0.25, 0.3) is 5.56 Å². The van der Waals surface area contributed by atoms with Crippen molar-refractivity contribution in [2.24, 2.45) is 5.10 Å². The number of phenols is 1. The van der Waals surface area contributed by atoms with Crippen molar-refractivity contribution in [3.63, 3.8) is 0 Å². The molecule has 0 aliphatic carbocycles. The van der Waals surface area contributed by atoms with E-state index in [0.717, 1.165) is 0 Å². The molecule has 3 aromatic carbocycles. The monoisotopic (exact) mass is 405 g/mol. The van der Waals surface area contributed by atoms with Gasteiger partial charge in [0.05, 0.1) is 17.1 Å². The molecule has 7 heteroatoms. The van der Waals surface area contributed by atoms with E-state index in [0.29, 0.717) is 33.1 Å². The standard InChI is InChI=1S/C22H16ClN3O3/c23-16-10-11-20(27)15(12-16)13-24-26-21(14-29-17-6-2-1-3-7-17)25-19-9-5-4-8-18(19)22(26)28/h1-13,27H,14H2. The van der Waals surface area contributed by atoms with Gasteiger partial charge in [0, 0.05) is 10.6 Å². The summed E-state index contributed by atoms with van der Waals surface area (Å²) in [5, 5.41) is 15.1. The third kappa shape index (κ3) is 4.12. The Bertz CT molecular complexity index is 1250. The molecule has 0 saturated carbocycles. The van der Waals surface area contributed by atoms with Crippen LogP contribution in [-0.4, -0.2) is 21.0 Å². The Kier molecular flexibility index (Phi) is 5.27. The quantitative estimate of drug-likeness (QED) is 0.504. The van der Waals surface area contributed by atoms with Crippen molar-refractivity contribution in [3.05, 3.63) is 99.6 Å². The molecule has 0 unspecified atom stereocenters. The van der Waals surface area contributed by atoms with Crippen molar-refractivity contribution in [3.8, 4) is 11.5 Å². The van der Waals surface area contributed by atoms with Crippen LogP contribution in [0.2, 0.25) is 5.02 Å². The fourth-order valence-electron chi connectivity index (χ4n) is 2.80. The lowest BCUT2D eigenvalue weighted by Gasteiger charge is -2.11. The second-order valence-electron chi connectivity index (χ2n) is 6.21. The first-order valence-corrected chi connectivity index (χ1v) is 9.21. The predicted octanol–water partition coefficient (Wildman–Crippen LogP) is 4.22. The zero-order chi connectivity index (χ0) is 20.2. The molecule has 1 heterocycles. The lowest BCUT2D eigenvalue weighted by molar-refractivity contribution is 0.289. The Hall–Kier alpha value is -3.64. The first-order valence-electron chi connectivity index (χ1n) is 8.83. The van der Waals surface area contributed by atoms with Gasteiger partial charge in [-0.15, -0.1) is 0 Å². The van der Waals surface area contributed by atoms with E-state index in [9.17, 15) is 9.90 Å². The highest BCUT2D eigenvalue weighted by Gasteiger charge is 2.11. The maximum atomic E-state index is 13.0. The lowest BCUT2D eigenvalue weighted by Crippen LogP contribution is -2.23. The smallest absolute Gasteiger partial charge is 0.282 e. The van der Waals surface area contributed by atoms with E-state index in [2.05, 4.69) is 10.1 Å². The van der Waals surface area contributed by atoms with Gasteiger partial charge >= 0.3 is 0 Å². The molecule has 0 aliphatic rings. The predicted molar refractivity (Wildman–Crippen MR) is 113 cm³/mol. The Morgan fingerprint density at radius 3 is 2.66 bits per heavy atom. The number of rotatable bonds is 5. The number of nitrogens with zero attached hydrogens (tertiary/aromatic N) is 3. The third-order valence-electron chi connectivity index (χ3n) is 4.23. The number of aromatic hydroxyl groups is 1. The van der Waals surface area contributed by atoms with Crippen molar-refractivity contribution in [2.45, 2.75) is 6.61 Å². The van der Waals surface area contributed by atoms with Gasteiger partial charge in [0.1, 0.15) is 18.1 Å². The van der Waals surface area contributed by atoms with Crippen LogP contribution in [0, 0.1) is 0 Å². The molecule has 4 rings (SSSR count). The van der Waals surface area contributed by atoms with Crippen LogP contribution in [0.5, 0.6) is 11.5 Å². The fraction of sp³-hybridized carbons (Fsp3) is 0.0455. The molecule has 0 aliphatic heterocycles. The average Bonchev–Trinajstić information content (AvgIpc) is 2.75. The Morgan fingerprint density at radius 2 is 1.83 bits per heavy atom. The van der Waals surface area contributed by atoms with Crippen molar-refractivity contribution >= 4 is 28.7 Å². The highest BCUT2D eigenvalue weighted by molar-refractivity contribution is 6.30. The summed E-state index contributed by atoms with van der Waals surface area (Å²) < 4.78 is 6.94. The average molecular weight is 406 g/mol. The number of para-hydroxylation sites is 2. The van der Waals surface area contributed by atoms with Crippen LogP contribution in [0.3, 0.4) is 0 Å². The number of halogens is 1. The number of phenolic OH excluding ortho intramolecular Hbond substituents is 1. The summed E-state index contributed by atoms with van der Waals surface area (Å²) in [5.41, 5.74) is 0.605. The zero-order valence-electron chi connectivity index (χ0n) is 15.2. The summed E-state index contributed by atoms with van der Waals surface area (Å²) >= 11 is 5.98. The molecule has 0 atom stereocenters. The molecule has 144 valence electrons. The fourth-order valence-corrected chi connectivity index (χ4v) is 2.98. The molecule has 0 fully saturated rings. The van der Waals surface area contributed by atoms with Gasteiger partial charge in [-0.25, -0.2) is 4.98 Å². The van der Waals surface area contributed by atoms with E-state index in [-0.39, 0.29) is 17.9 Å². The van der Waals surface area contributed by atoms with E-state index in [1.165, 1.54) is 17.0 Å². The number of fused-ring (bicyclic) bond motifs is 1. The van der Waals surface area contributed by atoms with Gasteiger partial charge in [0.15, 0.2) is 5.82 Å². The molecule has 0 radical (unpaired) electrons. The second kappa shape index (κ2) is 8.16. The van der Waals surface area contributed by atoms with Crippen LogP contribution in [0.4, 0.5) is 0 Å². The third-order valence-corrected chi connectivity index (χ3v) is 4.47. The maximum absolute atomic E-state index is 13.0. The summed E-state index contributed by atoms with van der Waals surface area (Å²) in [6, 6.07) is 20.9. The Morgan fingerprint density at radius 1 is 1.07 bits per heavy atom. The zero-order valence-corrected chi connectivity index (χ0v) is 16.0. The van der Waals surface area contributed by atoms with Crippen LogP contribution in [-0.2, 0) is 6.61 Å². The Balaban J connectivity index is 1.77. The number of ether oxygens (including phenoxy) is 1. The number of benzene rings is 3. The van der Waals surface area contributed by atoms with Crippen molar-refractivity contribution in [1.29, 1.82) is 0 Å². The summed E-state index contributed by atoms with van der Waals surface area (Å²) in [6.45, 7) is 0.0446. The van der Waals surface area contributed by atoms with E-state index < -0.39 is 0 Å². The van der Waals surface area contributed by atoms with Crippen LogP contribution in [0.25, 0.3) is 10.9 Å². The van der Waals surface area contributed by atoms with Crippen molar-refractivity contribution in [2.75, 3.05) is 0 Å². The van der Waals surface area contributed by atoms with Crippen molar-refractivity contribution in [1.82, 2.24) is 9.66 Å². The van der Waals surface area contributed by atoms with E-state index in [1.54, 1.807) is 30.3 Å². The van der Waals surface area contributed by atoms with Crippen molar-refractivity contribution < 1.29 is 9.84 Å². The summed E-state index contributed by atoms with van der Waals surface area (Å²) in [5.74, 6) is 0.982. The lowest BCUT2D eigenvalue weighted by atomic mass is 10.2. The number of hydrogen-bond acceptors (Lipinski definition) is 5. The minimum Gasteiger partial charge on any atom is -0.507 e. The molecular formula is C22H16ClN3O3. The maximum Gasteiger partial charge on any atom is 0.282 e. The summed E-state index contributed by atoms with van der Waals surface area (Å²) in [4.78, 5) is 17.5. The highest BCUT2D eigenvalue weighted by Crippen LogP contribution is 2.20. The Labute approximate surface area is 171 Å². The molecule has 6 nitrogen and oxygen atoms in total. The topological polar surface area (TPSA) is 76.7 Å². The van der Waals surface area contributed by atoms with Gasteiger partial charge in [-0.05, 0) is 42.5 Å². The van der Waals surface area contributed by atoms with Gasteiger partial charge in [0.2, 0.25) is 0 Å². The molecule has 0 saturated heterocycles. The molecule has 0 bridgehead atoms. The van der Waals surface area contributed by atoms with Gasteiger partial charge < -0.3 is 9.84 Å². The molecule has 0 spiro atoms. The normalized spacial score (nSPS) is 11.2. The first-order chi connectivity index (χ1) is 14.1. The highest BCUT2D eigenvalue weighted by atomic mass is 35.5. The largest absolute Gasteiger partial charge is 0.507 e. The first kappa shape index (κ1) is 18.7. The van der Waals surface area contributed by atoms with Crippen LogP contribution >= 0.6 is 11.6 Å². The number of hydrogen-bond donors (Lipinski definition) is 1.